The summed E-state index contributed by atoms with van der Waals surface area (Å²) in [6, 6.07) is 1.54. The van der Waals surface area contributed by atoms with E-state index in [4.69, 9.17) is 13.9 Å². The Balaban J connectivity index is 1.64. The van der Waals surface area contributed by atoms with Gasteiger partial charge < -0.3 is 19.2 Å². The third-order valence-electron chi connectivity index (χ3n) is 3.67. The molecule has 2 aromatic rings. The van der Waals surface area contributed by atoms with Gasteiger partial charge >= 0.3 is 0 Å². The van der Waals surface area contributed by atoms with E-state index in [0.29, 0.717) is 24.7 Å². The Labute approximate surface area is 128 Å². The van der Waals surface area contributed by atoms with Gasteiger partial charge in [-0.25, -0.2) is 0 Å². The normalized spacial score (nSPS) is 21.0. The van der Waals surface area contributed by atoms with Crippen molar-refractivity contribution in [2.45, 2.75) is 32.4 Å². The van der Waals surface area contributed by atoms with Crippen molar-refractivity contribution in [1.29, 1.82) is 0 Å². The van der Waals surface area contributed by atoms with Crippen LogP contribution in [0.3, 0.4) is 0 Å². The minimum Gasteiger partial charge on any atom is -0.482 e. The second-order valence-corrected chi connectivity index (χ2v) is 5.28. The maximum atomic E-state index is 12.3. The number of aromatic amines is 1. The van der Waals surface area contributed by atoms with Crippen LogP contribution in [0.4, 0.5) is 0 Å². The Morgan fingerprint density at radius 1 is 1.55 bits per heavy atom. The average Bonchev–Trinajstić information content (AvgIpc) is 3.22. The smallest absolute Gasteiger partial charge is 0.287 e. The fraction of sp³-hybridized carbons (Fsp3) is 0.467. The van der Waals surface area contributed by atoms with Crippen LogP contribution in [0.25, 0.3) is 0 Å². The van der Waals surface area contributed by atoms with Gasteiger partial charge in [0.2, 0.25) is 0 Å². The van der Waals surface area contributed by atoms with Gasteiger partial charge in [0.1, 0.15) is 11.9 Å². The monoisotopic (exact) mass is 305 g/mol. The van der Waals surface area contributed by atoms with Crippen LogP contribution in [-0.2, 0) is 11.2 Å². The molecule has 3 heterocycles. The number of nitrogens with zero attached hydrogens (tertiary/aromatic N) is 1. The molecule has 0 spiro atoms. The fourth-order valence-electron chi connectivity index (χ4n) is 2.49. The standard InChI is InChI=1S/C15H19N3O4/c1-3-12-9(2)4-13(22-12)15(19)18-11-7-20-8-14(11)21-10-5-16-17-6-10/h4-6,11,14H,3,7-8H2,1-2H3,(H,16,17)(H,18,19)/t11-,14+/m0/s1. The number of carbonyl (C=O) groups is 1. The number of aromatic nitrogens is 2. The summed E-state index contributed by atoms with van der Waals surface area (Å²) in [5.41, 5.74) is 0.988. The number of ether oxygens (including phenoxy) is 2. The predicted molar refractivity (Wildman–Crippen MR) is 77.9 cm³/mol. The van der Waals surface area contributed by atoms with Crippen LogP contribution in [0.2, 0.25) is 0 Å². The Morgan fingerprint density at radius 2 is 2.41 bits per heavy atom. The number of H-pyrrole nitrogens is 1. The molecule has 0 bridgehead atoms. The molecule has 2 atom stereocenters. The maximum Gasteiger partial charge on any atom is 0.287 e. The number of aryl methyl sites for hydroxylation is 2. The van der Waals surface area contributed by atoms with E-state index in [1.54, 1.807) is 18.5 Å². The second-order valence-electron chi connectivity index (χ2n) is 5.28. The average molecular weight is 305 g/mol. The molecule has 22 heavy (non-hydrogen) atoms. The fourth-order valence-corrected chi connectivity index (χ4v) is 2.49. The van der Waals surface area contributed by atoms with Crippen LogP contribution in [0.5, 0.6) is 5.75 Å². The van der Waals surface area contributed by atoms with Gasteiger partial charge in [0, 0.05) is 6.42 Å². The Bertz CT molecular complexity index is 635. The summed E-state index contributed by atoms with van der Waals surface area (Å²) < 4.78 is 16.7. The highest BCUT2D eigenvalue weighted by Crippen LogP contribution is 2.18. The number of amides is 1. The third kappa shape index (κ3) is 2.99. The Morgan fingerprint density at radius 3 is 3.09 bits per heavy atom. The molecule has 2 aromatic heterocycles. The molecule has 0 aromatic carbocycles. The summed E-state index contributed by atoms with van der Waals surface area (Å²) in [7, 11) is 0. The number of carbonyl (C=O) groups excluding carboxylic acids is 1. The summed E-state index contributed by atoms with van der Waals surface area (Å²) in [6.07, 6.45) is 3.75. The van der Waals surface area contributed by atoms with E-state index in [1.807, 2.05) is 13.8 Å². The van der Waals surface area contributed by atoms with Gasteiger partial charge in [-0.05, 0) is 18.6 Å². The molecule has 0 aliphatic carbocycles. The van der Waals surface area contributed by atoms with Gasteiger partial charge in [-0.2, -0.15) is 5.10 Å². The summed E-state index contributed by atoms with van der Waals surface area (Å²) in [5.74, 6) is 1.53. The van der Waals surface area contributed by atoms with E-state index >= 15 is 0 Å². The Hall–Kier alpha value is -2.28. The molecule has 118 valence electrons. The van der Waals surface area contributed by atoms with E-state index in [9.17, 15) is 4.79 Å². The maximum absolute atomic E-state index is 12.3. The molecule has 0 radical (unpaired) electrons. The van der Waals surface area contributed by atoms with E-state index in [2.05, 4.69) is 15.5 Å². The van der Waals surface area contributed by atoms with Crippen molar-refractivity contribution in [1.82, 2.24) is 15.5 Å². The number of hydrogen-bond acceptors (Lipinski definition) is 5. The molecule has 1 amide bonds. The second kappa shape index (κ2) is 6.23. The molecule has 1 saturated heterocycles. The van der Waals surface area contributed by atoms with Crippen molar-refractivity contribution in [3.8, 4) is 5.75 Å². The van der Waals surface area contributed by atoms with E-state index < -0.39 is 0 Å². The van der Waals surface area contributed by atoms with Crippen LogP contribution in [0.15, 0.2) is 22.9 Å². The first-order valence-corrected chi connectivity index (χ1v) is 7.30. The largest absolute Gasteiger partial charge is 0.482 e. The zero-order valence-corrected chi connectivity index (χ0v) is 12.6. The van der Waals surface area contributed by atoms with Crippen LogP contribution in [0.1, 0.15) is 28.8 Å². The van der Waals surface area contributed by atoms with Crippen molar-refractivity contribution in [3.63, 3.8) is 0 Å². The molecule has 1 aliphatic rings. The highest BCUT2D eigenvalue weighted by molar-refractivity contribution is 5.92. The summed E-state index contributed by atoms with van der Waals surface area (Å²) in [6.45, 7) is 4.76. The summed E-state index contributed by atoms with van der Waals surface area (Å²) >= 11 is 0. The van der Waals surface area contributed by atoms with E-state index in [0.717, 1.165) is 17.7 Å². The number of furan rings is 1. The van der Waals surface area contributed by atoms with Gasteiger partial charge in [0.05, 0.1) is 31.6 Å². The van der Waals surface area contributed by atoms with Crippen molar-refractivity contribution in [2.24, 2.45) is 0 Å². The van der Waals surface area contributed by atoms with Gasteiger partial charge in [-0.1, -0.05) is 6.92 Å². The van der Waals surface area contributed by atoms with Crippen molar-refractivity contribution < 1.29 is 18.7 Å². The first kappa shape index (κ1) is 14.6. The van der Waals surface area contributed by atoms with Crippen LogP contribution in [-0.4, -0.2) is 41.5 Å². The molecular weight excluding hydrogens is 286 g/mol. The summed E-state index contributed by atoms with van der Waals surface area (Å²) in [5, 5.41) is 9.42. The topological polar surface area (TPSA) is 89.4 Å². The molecule has 0 saturated carbocycles. The molecule has 7 heteroatoms. The van der Waals surface area contributed by atoms with Gasteiger partial charge in [-0.3, -0.25) is 9.89 Å². The highest BCUT2D eigenvalue weighted by atomic mass is 16.5. The predicted octanol–water partition coefficient (Wildman–Crippen LogP) is 1.45. The van der Waals surface area contributed by atoms with Crippen molar-refractivity contribution in [3.05, 3.63) is 35.5 Å². The molecule has 3 rings (SSSR count). The third-order valence-corrected chi connectivity index (χ3v) is 3.67. The minimum absolute atomic E-state index is 0.224. The lowest BCUT2D eigenvalue weighted by atomic mass is 10.2. The SMILES string of the molecule is CCc1oc(C(=O)N[C@H]2COC[C@H]2Oc2cn[nH]c2)cc1C. The van der Waals surface area contributed by atoms with Gasteiger partial charge in [0.25, 0.3) is 5.91 Å². The zero-order valence-electron chi connectivity index (χ0n) is 12.6. The van der Waals surface area contributed by atoms with Crippen LogP contribution in [0, 0.1) is 6.92 Å². The Kier molecular flexibility index (Phi) is 4.15. The first-order valence-electron chi connectivity index (χ1n) is 7.30. The van der Waals surface area contributed by atoms with Gasteiger partial charge in [-0.15, -0.1) is 0 Å². The quantitative estimate of drug-likeness (QED) is 0.872. The van der Waals surface area contributed by atoms with Crippen molar-refractivity contribution in [2.75, 3.05) is 13.2 Å². The zero-order chi connectivity index (χ0) is 15.5. The lowest BCUT2D eigenvalue weighted by Gasteiger charge is -2.19. The lowest BCUT2D eigenvalue weighted by Crippen LogP contribution is -2.45. The van der Waals surface area contributed by atoms with Gasteiger partial charge in [0.15, 0.2) is 11.5 Å². The molecule has 1 aliphatic heterocycles. The number of nitrogens with one attached hydrogen (secondary N) is 2. The van der Waals surface area contributed by atoms with E-state index in [1.165, 1.54) is 0 Å². The molecule has 1 fully saturated rings. The van der Waals surface area contributed by atoms with Crippen LogP contribution < -0.4 is 10.1 Å². The molecule has 0 unspecified atom stereocenters. The van der Waals surface area contributed by atoms with Crippen LogP contribution >= 0.6 is 0 Å². The molecular formula is C15H19N3O4. The van der Waals surface area contributed by atoms with E-state index in [-0.39, 0.29) is 18.1 Å². The molecule has 2 N–H and O–H groups in total. The number of rotatable bonds is 5. The lowest BCUT2D eigenvalue weighted by molar-refractivity contribution is 0.0874. The highest BCUT2D eigenvalue weighted by Gasteiger charge is 2.32. The minimum atomic E-state index is -0.251. The summed E-state index contributed by atoms with van der Waals surface area (Å²) in [4.78, 5) is 12.3. The molecule has 7 nitrogen and oxygen atoms in total. The first-order chi connectivity index (χ1) is 10.7. The number of hydrogen-bond donors (Lipinski definition) is 2. The van der Waals surface area contributed by atoms with Crippen molar-refractivity contribution >= 4 is 5.91 Å².